The minimum absolute atomic E-state index is 0.0178. The second kappa shape index (κ2) is 10.6. The fourth-order valence-corrected chi connectivity index (χ4v) is 4.54. The highest BCUT2D eigenvalue weighted by Gasteiger charge is 2.49. The van der Waals surface area contributed by atoms with Crippen LogP contribution in [0.2, 0.25) is 0 Å². The first kappa shape index (κ1) is 26.2. The summed E-state index contributed by atoms with van der Waals surface area (Å²) >= 11 is 0. The number of nitriles is 1. The number of nitrogens with zero attached hydrogens (tertiary/aromatic N) is 4. The van der Waals surface area contributed by atoms with Gasteiger partial charge in [0.25, 0.3) is 5.91 Å². The normalized spacial score (nSPS) is 17.8. The molecule has 1 fully saturated rings. The highest BCUT2D eigenvalue weighted by Crippen LogP contribution is 2.42. The Morgan fingerprint density at radius 2 is 1.95 bits per heavy atom. The summed E-state index contributed by atoms with van der Waals surface area (Å²) in [5.41, 5.74) is 0.458. The van der Waals surface area contributed by atoms with Crippen molar-refractivity contribution in [3.63, 3.8) is 0 Å². The van der Waals surface area contributed by atoms with Gasteiger partial charge in [0.1, 0.15) is 23.2 Å². The second-order valence-corrected chi connectivity index (χ2v) is 8.68. The SMILES string of the molecule is COc1ccccc1C(=O)n1nc(C2CCCOC2C(F)(F)F)c(C#N)c1N(C)Cc1ccc(F)cc1. The third kappa shape index (κ3) is 5.29. The van der Waals surface area contributed by atoms with E-state index in [0.29, 0.717) is 12.0 Å². The topological polar surface area (TPSA) is 80.4 Å². The Kier molecular flexibility index (Phi) is 7.50. The molecule has 0 bridgehead atoms. The fourth-order valence-electron chi connectivity index (χ4n) is 4.54. The second-order valence-electron chi connectivity index (χ2n) is 8.68. The van der Waals surface area contributed by atoms with Crippen LogP contribution in [0.15, 0.2) is 48.5 Å². The molecule has 0 saturated carbocycles. The predicted octanol–water partition coefficient (Wildman–Crippen LogP) is 5.05. The summed E-state index contributed by atoms with van der Waals surface area (Å²) in [6.07, 6.45) is -6.42. The number of rotatable bonds is 6. The Labute approximate surface area is 210 Å². The van der Waals surface area contributed by atoms with Gasteiger partial charge in [0.2, 0.25) is 0 Å². The van der Waals surface area contributed by atoms with Crippen molar-refractivity contribution in [1.29, 1.82) is 5.26 Å². The molecule has 0 radical (unpaired) electrons. The van der Waals surface area contributed by atoms with Crippen molar-refractivity contribution in [3.05, 3.63) is 76.7 Å². The van der Waals surface area contributed by atoms with E-state index in [9.17, 15) is 27.6 Å². The molecule has 0 spiro atoms. The molecule has 1 saturated heterocycles. The van der Waals surface area contributed by atoms with Crippen LogP contribution >= 0.6 is 0 Å². The van der Waals surface area contributed by atoms with Gasteiger partial charge in [-0.05, 0) is 42.7 Å². The average molecular weight is 516 g/mol. The van der Waals surface area contributed by atoms with Crippen molar-refractivity contribution in [3.8, 4) is 11.8 Å². The van der Waals surface area contributed by atoms with E-state index >= 15 is 0 Å². The molecule has 2 heterocycles. The van der Waals surface area contributed by atoms with Gasteiger partial charge in [0.15, 0.2) is 11.9 Å². The Bertz CT molecular complexity index is 1310. The van der Waals surface area contributed by atoms with E-state index in [-0.39, 0.29) is 48.0 Å². The number of hydrogen-bond acceptors (Lipinski definition) is 6. The van der Waals surface area contributed by atoms with Gasteiger partial charge in [-0.2, -0.15) is 28.2 Å². The summed E-state index contributed by atoms with van der Waals surface area (Å²) in [5, 5.41) is 14.4. The number of halogens is 4. The highest BCUT2D eigenvalue weighted by atomic mass is 19.4. The standard InChI is InChI=1S/C26H24F4N4O3/c1-33(15-16-9-11-17(27)12-10-16)24-20(14-31)22(19-7-5-13-37-23(19)26(28,29)30)32-34(24)25(35)18-6-3-4-8-21(18)36-2/h3-4,6,8-12,19,23H,5,7,13,15H2,1-2H3. The molecule has 2 aromatic carbocycles. The lowest BCUT2D eigenvalue weighted by atomic mass is 9.88. The van der Waals surface area contributed by atoms with E-state index in [1.165, 1.54) is 42.3 Å². The van der Waals surface area contributed by atoms with Gasteiger partial charge in [0.05, 0.1) is 18.4 Å². The zero-order chi connectivity index (χ0) is 26.7. The van der Waals surface area contributed by atoms with Gasteiger partial charge in [0, 0.05) is 26.1 Å². The van der Waals surface area contributed by atoms with Crippen molar-refractivity contribution in [2.24, 2.45) is 0 Å². The summed E-state index contributed by atoms with van der Waals surface area (Å²) in [6.45, 7) is 0.0594. The molecular formula is C26H24F4N4O3. The first-order valence-electron chi connectivity index (χ1n) is 11.5. The summed E-state index contributed by atoms with van der Waals surface area (Å²) < 4.78 is 66.3. The number of ether oxygens (including phenoxy) is 2. The quantitative estimate of drug-likeness (QED) is 0.427. The van der Waals surface area contributed by atoms with E-state index in [2.05, 4.69) is 5.10 Å². The molecule has 1 aliphatic heterocycles. The minimum Gasteiger partial charge on any atom is -0.496 e. The lowest BCUT2D eigenvalue weighted by Crippen LogP contribution is -2.40. The van der Waals surface area contributed by atoms with E-state index in [1.54, 1.807) is 25.2 Å². The van der Waals surface area contributed by atoms with Crippen molar-refractivity contribution >= 4 is 11.7 Å². The van der Waals surface area contributed by atoms with Gasteiger partial charge in [-0.15, -0.1) is 0 Å². The first-order valence-corrected chi connectivity index (χ1v) is 11.5. The number of carbonyl (C=O) groups excluding carboxylic acids is 1. The van der Waals surface area contributed by atoms with Crippen LogP contribution in [0.25, 0.3) is 0 Å². The molecular weight excluding hydrogens is 492 g/mol. The van der Waals surface area contributed by atoms with Gasteiger partial charge >= 0.3 is 6.18 Å². The number of hydrogen-bond donors (Lipinski definition) is 0. The smallest absolute Gasteiger partial charge is 0.415 e. The molecule has 2 atom stereocenters. The molecule has 4 rings (SSSR count). The van der Waals surface area contributed by atoms with Crippen LogP contribution < -0.4 is 9.64 Å². The van der Waals surface area contributed by atoms with E-state index in [4.69, 9.17) is 9.47 Å². The van der Waals surface area contributed by atoms with Crippen LogP contribution in [-0.2, 0) is 11.3 Å². The molecule has 11 heteroatoms. The maximum Gasteiger partial charge on any atom is 0.415 e. The van der Waals surface area contributed by atoms with Crippen LogP contribution in [0, 0.1) is 17.1 Å². The van der Waals surface area contributed by atoms with Gasteiger partial charge in [-0.3, -0.25) is 4.79 Å². The fraction of sp³-hybridized carbons (Fsp3) is 0.346. The average Bonchev–Trinajstić information content (AvgIpc) is 3.29. The minimum atomic E-state index is -4.69. The zero-order valence-corrected chi connectivity index (χ0v) is 20.1. The number of anilines is 1. The van der Waals surface area contributed by atoms with Gasteiger partial charge in [-0.25, -0.2) is 4.39 Å². The molecule has 1 aromatic heterocycles. The van der Waals surface area contributed by atoms with Crippen LogP contribution in [-0.4, -0.2) is 48.7 Å². The number of aromatic nitrogens is 2. The van der Waals surface area contributed by atoms with Crippen molar-refractivity contribution < 1.29 is 31.8 Å². The molecule has 1 aliphatic rings. The molecule has 0 amide bonds. The molecule has 3 aromatic rings. The summed E-state index contributed by atoms with van der Waals surface area (Å²) in [7, 11) is 2.96. The zero-order valence-electron chi connectivity index (χ0n) is 20.1. The van der Waals surface area contributed by atoms with Crippen molar-refractivity contribution in [1.82, 2.24) is 9.78 Å². The number of methoxy groups -OCH3 is 1. The van der Waals surface area contributed by atoms with E-state index in [1.807, 2.05) is 6.07 Å². The Morgan fingerprint density at radius 1 is 1.24 bits per heavy atom. The predicted molar refractivity (Wildman–Crippen MR) is 126 cm³/mol. The molecule has 0 aliphatic carbocycles. The maximum atomic E-state index is 13.9. The molecule has 0 N–H and O–H groups in total. The maximum absolute atomic E-state index is 13.9. The monoisotopic (exact) mass is 516 g/mol. The Morgan fingerprint density at radius 3 is 2.59 bits per heavy atom. The van der Waals surface area contributed by atoms with Gasteiger partial charge in [-0.1, -0.05) is 24.3 Å². The molecule has 7 nitrogen and oxygen atoms in total. The molecule has 37 heavy (non-hydrogen) atoms. The Balaban J connectivity index is 1.87. The number of carbonyl (C=O) groups is 1. The largest absolute Gasteiger partial charge is 0.496 e. The third-order valence-corrected chi connectivity index (χ3v) is 6.22. The summed E-state index contributed by atoms with van der Waals surface area (Å²) in [6, 6.07) is 13.9. The Hall–Kier alpha value is -3.91. The van der Waals surface area contributed by atoms with Crippen molar-refractivity contribution in [2.45, 2.75) is 37.6 Å². The van der Waals surface area contributed by atoms with Crippen molar-refractivity contribution in [2.75, 3.05) is 25.7 Å². The van der Waals surface area contributed by atoms with Crippen LogP contribution in [0.3, 0.4) is 0 Å². The third-order valence-electron chi connectivity index (χ3n) is 6.22. The van der Waals surface area contributed by atoms with E-state index in [0.717, 1.165) is 4.68 Å². The molecule has 194 valence electrons. The van der Waals surface area contributed by atoms with Crippen LogP contribution in [0.4, 0.5) is 23.4 Å². The first-order chi connectivity index (χ1) is 17.7. The number of para-hydroxylation sites is 1. The molecule has 2 unspecified atom stereocenters. The van der Waals surface area contributed by atoms with Crippen LogP contribution in [0.5, 0.6) is 5.75 Å². The number of benzene rings is 2. The summed E-state index contributed by atoms with van der Waals surface area (Å²) in [4.78, 5) is 15.2. The van der Waals surface area contributed by atoms with E-state index < -0.39 is 29.9 Å². The number of alkyl halides is 3. The lowest BCUT2D eigenvalue weighted by molar-refractivity contribution is -0.236. The van der Waals surface area contributed by atoms with Gasteiger partial charge < -0.3 is 14.4 Å². The lowest BCUT2D eigenvalue weighted by Gasteiger charge is -2.32. The van der Waals surface area contributed by atoms with Crippen LogP contribution in [0.1, 0.15) is 45.9 Å². The summed E-state index contributed by atoms with van der Waals surface area (Å²) in [5.74, 6) is -2.12. The highest BCUT2D eigenvalue weighted by molar-refractivity contribution is 6.00.